The van der Waals surface area contributed by atoms with Gasteiger partial charge in [0.05, 0.1) is 0 Å². The van der Waals surface area contributed by atoms with Gasteiger partial charge < -0.3 is 4.74 Å². The van der Waals surface area contributed by atoms with E-state index in [1.807, 2.05) is 30.3 Å². The second-order valence-corrected chi connectivity index (χ2v) is 4.25. The number of hydrogen-bond donors (Lipinski definition) is 1. The highest BCUT2D eigenvalue weighted by atomic mass is 79.9. The van der Waals surface area contributed by atoms with Gasteiger partial charge in [-0.05, 0) is 36.4 Å². The fourth-order valence-electron chi connectivity index (χ4n) is 1.27. The number of hydrogen-bond acceptors (Lipinski definition) is 2. The van der Waals surface area contributed by atoms with Crippen LogP contribution in [0.5, 0.6) is 5.75 Å². The Hall–Kier alpha value is -1.81. The van der Waals surface area contributed by atoms with E-state index < -0.39 is 6.09 Å². The van der Waals surface area contributed by atoms with Gasteiger partial charge in [-0.3, -0.25) is 5.32 Å². The van der Waals surface area contributed by atoms with Gasteiger partial charge in [0, 0.05) is 10.2 Å². The van der Waals surface area contributed by atoms with Crippen molar-refractivity contribution in [2.45, 2.75) is 0 Å². The van der Waals surface area contributed by atoms with Gasteiger partial charge >= 0.3 is 6.09 Å². The maximum absolute atomic E-state index is 11.5. The molecule has 0 aromatic heterocycles. The fourth-order valence-corrected chi connectivity index (χ4v) is 1.54. The molecule has 1 amide bonds. The Labute approximate surface area is 108 Å². The van der Waals surface area contributed by atoms with Gasteiger partial charge in [-0.25, -0.2) is 4.79 Å². The molecule has 2 aromatic carbocycles. The van der Waals surface area contributed by atoms with Crippen LogP contribution in [0.15, 0.2) is 59.1 Å². The van der Waals surface area contributed by atoms with Gasteiger partial charge in [-0.15, -0.1) is 0 Å². The molecule has 0 fully saturated rings. The normalized spacial score (nSPS) is 9.71. The van der Waals surface area contributed by atoms with Crippen molar-refractivity contribution < 1.29 is 9.53 Å². The van der Waals surface area contributed by atoms with E-state index in [0.717, 1.165) is 4.47 Å². The smallest absolute Gasteiger partial charge is 0.410 e. The van der Waals surface area contributed by atoms with E-state index in [1.54, 1.807) is 24.3 Å². The largest absolute Gasteiger partial charge is 0.417 e. The van der Waals surface area contributed by atoms with Crippen molar-refractivity contribution in [3.8, 4) is 5.75 Å². The zero-order chi connectivity index (χ0) is 12.1. The topological polar surface area (TPSA) is 38.3 Å². The molecule has 0 aliphatic carbocycles. The molecule has 86 valence electrons. The Bertz CT molecular complexity index is 497. The number of benzene rings is 2. The van der Waals surface area contributed by atoms with Crippen molar-refractivity contribution in [3.05, 3.63) is 59.1 Å². The Balaban J connectivity index is 1.96. The molecule has 0 aliphatic heterocycles. The third-order valence-corrected chi connectivity index (χ3v) is 2.57. The van der Waals surface area contributed by atoms with Gasteiger partial charge in [0.1, 0.15) is 5.75 Å². The summed E-state index contributed by atoms with van der Waals surface area (Å²) in [4.78, 5) is 11.5. The second-order valence-electron chi connectivity index (χ2n) is 3.33. The van der Waals surface area contributed by atoms with Crippen molar-refractivity contribution in [2.24, 2.45) is 0 Å². The Kier molecular flexibility index (Phi) is 3.77. The number of halogens is 1. The number of carbonyl (C=O) groups excluding carboxylic acids is 1. The van der Waals surface area contributed by atoms with Crippen LogP contribution >= 0.6 is 15.9 Å². The Morgan fingerprint density at radius 2 is 1.65 bits per heavy atom. The van der Waals surface area contributed by atoms with Crippen molar-refractivity contribution in [2.75, 3.05) is 5.32 Å². The number of anilines is 1. The maximum Gasteiger partial charge on any atom is 0.417 e. The molecule has 0 saturated heterocycles. The lowest BCUT2D eigenvalue weighted by Gasteiger charge is -2.06. The highest BCUT2D eigenvalue weighted by Gasteiger charge is 2.03. The van der Waals surface area contributed by atoms with Crippen LogP contribution in [0.3, 0.4) is 0 Å². The van der Waals surface area contributed by atoms with E-state index in [1.165, 1.54) is 0 Å². The number of ether oxygens (including phenoxy) is 1. The van der Waals surface area contributed by atoms with Crippen LogP contribution < -0.4 is 10.1 Å². The molecule has 0 atom stereocenters. The number of rotatable bonds is 2. The van der Waals surface area contributed by atoms with Crippen molar-refractivity contribution >= 4 is 27.7 Å². The maximum atomic E-state index is 11.5. The predicted molar refractivity (Wildman–Crippen MR) is 70.2 cm³/mol. The summed E-state index contributed by atoms with van der Waals surface area (Å²) < 4.78 is 6.04. The van der Waals surface area contributed by atoms with Crippen LogP contribution in [-0.2, 0) is 0 Å². The van der Waals surface area contributed by atoms with E-state index >= 15 is 0 Å². The van der Waals surface area contributed by atoms with Crippen LogP contribution in [0, 0.1) is 0 Å². The average Bonchev–Trinajstić information content (AvgIpc) is 2.33. The van der Waals surface area contributed by atoms with E-state index in [4.69, 9.17) is 4.74 Å². The summed E-state index contributed by atoms with van der Waals surface area (Å²) in [5.41, 5.74) is 0.689. The Morgan fingerprint density at radius 1 is 1.00 bits per heavy atom. The van der Waals surface area contributed by atoms with Crippen molar-refractivity contribution in [1.82, 2.24) is 0 Å². The molecule has 0 radical (unpaired) electrons. The number of amides is 1. The average molecular weight is 292 g/mol. The summed E-state index contributed by atoms with van der Waals surface area (Å²) in [5.74, 6) is 0.516. The summed E-state index contributed by atoms with van der Waals surface area (Å²) in [6.45, 7) is 0. The quantitative estimate of drug-likeness (QED) is 0.906. The predicted octanol–water partition coefficient (Wildman–Crippen LogP) is 4.06. The first-order chi connectivity index (χ1) is 8.24. The molecule has 0 bridgehead atoms. The number of nitrogens with one attached hydrogen (secondary N) is 1. The van der Waals surface area contributed by atoms with Gasteiger partial charge in [-0.1, -0.05) is 34.1 Å². The molecule has 0 saturated carbocycles. The van der Waals surface area contributed by atoms with Crippen LogP contribution in [0.2, 0.25) is 0 Å². The summed E-state index contributed by atoms with van der Waals surface area (Å²) in [6, 6.07) is 16.2. The van der Waals surface area contributed by atoms with E-state index in [9.17, 15) is 4.79 Å². The molecule has 3 nitrogen and oxygen atoms in total. The summed E-state index contributed by atoms with van der Waals surface area (Å²) in [7, 11) is 0. The second kappa shape index (κ2) is 5.50. The lowest BCUT2D eigenvalue weighted by molar-refractivity contribution is 0.215. The molecule has 0 aliphatic rings. The molecule has 2 rings (SSSR count). The molecule has 2 aromatic rings. The van der Waals surface area contributed by atoms with Crippen LogP contribution in [0.25, 0.3) is 0 Å². The highest BCUT2D eigenvalue weighted by Crippen LogP contribution is 2.15. The SMILES string of the molecule is O=C(Nc1ccc(Br)cc1)Oc1ccccc1. The lowest BCUT2D eigenvalue weighted by atomic mass is 10.3. The van der Waals surface area contributed by atoms with Gasteiger partial charge in [0.15, 0.2) is 0 Å². The molecule has 0 spiro atoms. The zero-order valence-corrected chi connectivity index (χ0v) is 10.5. The third-order valence-electron chi connectivity index (χ3n) is 2.04. The monoisotopic (exact) mass is 291 g/mol. The van der Waals surface area contributed by atoms with E-state index in [-0.39, 0.29) is 0 Å². The van der Waals surface area contributed by atoms with Crippen molar-refractivity contribution in [1.29, 1.82) is 0 Å². The molecule has 0 heterocycles. The molecule has 4 heteroatoms. The zero-order valence-electron chi connectivity index (χ0n) is 8.89. The van der Waals surface area contributed by atoms with E-state index in [2.05, 4.69) is 21.2 Å². The first-order valence-electron chi connectivity index (χ1n) is 5.03. The molecule has 0 unspecified atom stereocenters. The van der Waals surface area contributed by atoms with Crippen LogP contribution in [0.1, 0.15) is 0 Å². The summed E-state index contributed by atoms with van der Waals surface area (Å²) >= 11 is 3.32. The number of carbonyl (C=O) groups is 1. The number of para-hydroxylation sites is 1. The summed E-state index contributed by atoms with van der Waals surface area (Å²) in [5, 5.41) is 2.64. The van der Waals surface area contributed by atoms with E-state index in [0.29, 0.717) is 11.4 Å². The fraction of sp³-hybridized carbons (Fsp3) is 0. The van der Waals surface area contributed by atoms with Gasteiger partial charge in [-0.2, -0.15) is 0 Å². The minimum absolute atomic E-state index is 0.501. The van der Waals surface area contributed by atoms with Crippen molar-refractivity contribution in [3.63, 3.8) is 0 Å². The highest BCUT2D eigenvalue weighted by molar-refractivity contribution is 9.10. The standard InChI is InChI=1S/C13H10BrNO2/c14-10-6-8-11(9-7-10)15-13(16)17-12-4-2-1-3-5-12/h1-9H,(H,15,16). The lowest BCUT2D eigenvalue weighted by Crippen LogP contribution is -2.16. The van der Waals surface area contributed by atoms with Gasteiger partial charge in [0.2, 0.25) is 0 Å². The third kappa shape index (κ3) is 3.60. The summed E-state index contributed by atoms with van der Waals surface area (Å²) in [6.07, 6.45) is -0.501. The molecule has 1 N–H and O–H groups in total. The molecule has 17 heavy (non-hydrogen) atoms. The van der Waals surface area contributed by atoms with Crippen LogP contribution in [-0.4, -0.2) is 6.09 Å². The van der Waals surface area contributed by atoms with Gasteiger partial charge in [0.25, 0.3) is 0 Å². The minimum atomic E-state index is -0.501. The first kappa shape index (κ1) is 11.7. The Morgan fingerprint density at radius 3 is 2.29 bits per heavy atom. The molecular formula is C13H10BrNO2. The minimum Gasteiger partial charge on any atom is -0.410 e. The molecular weight excluding hydrogens is 282 g/mol. The first-order valence-corrected chi connectivity index (χ1v) is 5.83. The van der Waals surface area contributed by atoms with Crippen LogP contribution in [0.4, 0.5) is 10.5 Å².